The van der Waals surface area contributed by atoms with Crippen LogP contribution in [-0.4, -0.2) is 41.4 Å². The summed E-state index contributed by atoms with van der Waals surface area (Å²) < 4.78 is 11.3. The third kappa shape index (κ3) is 4.51. The van der Waals surface area contributed by atoms with E-state index in [0.29, 0.717) is 20.7 Å². The number of thioether (sulfide) groups is 1. The Kier molecular flexibility index (Phi) is 6.31. The summed E-state index contributed by atoms with van der Waals surface area (Å²) in [6, 6.07) is 10.6. The molecule has 6 nitrogen and oxygen atoms in total. The number of methoxy groups -OCH3 is 1. The molecule has 1 fully saturated rings. The van der Waals surface area contributed by atoms with Gasteiger partial charge in [-0.25, -0.2) is 0 Å². The van der Waals surface area contributed by atoms with Crippen LogP contribution >= 0.6 is 27.7 Å². The number of nitrogens with zero attached hydrogens (tertiary/aromatic N) is 1. The summed E-state index contributed by atoms with van der Waals surface area (Å²) in [5.41, 5.74) is 1.75. The second-order valence-electron chi connectivity index (χ2n) is 6.04. The van der Waals surface area contributed by atoms with E-state index in [1.54, 1.807) is 12.1 Å². The van der Waals surface area contributed by atoms with Crippen LogP contribution in [0.1, 0.15) is 11.1 Å². The number of benzene rings is 2. The van der Waals surface area contributed by atoms with Crippen LogP contribution in [0.4, 0.5) is 4.79 Å². The number of imide groups is 1. The van der Waals surface area contributed by atoms with E-state index in [4.69, 9.17) is 9.47 Å². The SMILES string of the molecule is COc1cc(C=C2SC(=O)N(CCOc3ccc(C)cc3)C2=O)c(Br)cc1O. The summed E-state index contributed by atoms with van der Waals surface area (Å²) in [5, 5.41) is 9.45. The molecule has 0 aliphatic carbocycles. The van der Waals surface area contributed by atoms with Crippen LogP contribution in [-0.2, 0) is 4.79 Å². The van der Waals surface area contributed by atoms with Crippen molar-refractivity contribution in [3.8, 4) is 17.2 Å². The normalized spacial score (nSPS) is 15.4. The highest BCUT2D eigenvalue weighted by molar-refractivity contribution is 9.10. The average Bonchev–Trinajstić information content (AvgIpc) is 2.93. The van der Waals surface area contributed by atoms with Gasteiger partial charge in [0, 0.05) is 4.47 Å². The molecule has 0 unspecified atom stereocenters. The highest BCUT2D eigenvalue weighted by Gasteiger charge is 2.35. The fourth-order valence-electron chi connectivity index (χ4n) is 2.56. The van der Waals surface area contributed by atoms with E-state index in [1.807, 2.05) is 31.2 Å². The first-order valence-electron chi connectivity index (χ1n) is 8.40. The molecule has 1 aliphatic rings. The lowest BCUT2D eigenvalue weighted by atomic mass is 10.2. The molecule has 1 saturated heterocycles. The van der Waals surface area contributed by atoms with Gasteiger partial charge in [0.15, 0.2) is 11.5 Å². The zero-order valence-electron chi connectivity index (χ0n) is 15.3. The van der Waals surface area contributed by atoms with E-state index in [9.17, 15) is 14.7 Å². The predicted molar refractivity (Wildman–Crippen MR) is 112 cm³/mol. The molecule has 0 spiro atoms. The number of aromatic hydroxyl groups is 1. The largest absolute Gasteiger partial charge is 0.504 e. The lowest BCUT2D eigenvalue weighted by Gasteiger charge is -2.13. The third-order valence-corrected chi connectivity index (χ3v) is 5.66. The predicted octanol–water partition coefficient (Wildman–Crippen LogP) is 4.59. The summed E-state index contributed by atoms with van der Waals surface area (Å²) in [6.45, 7) is 2.36. The van der Waals surface area contributed by atoms with Crippen LogP contribution < -0.4 is 9.47 Å². The van der Waals surface area contributed by atoms with Crippen molar-refractivity contribution < 1.29 is 24.2 Å². The molecule has 2 aromatic rings. The average molecular weight is 464 g/mol. The number of aryl methyl sites for hydroxylation is 1. The number of ether oxygens (including phenoxy) is 2. The van der Waals surface area contributed by atoms with E-state index in [-0.39, 0.29) is 35.8 Å². The second kappa shape index (κ2) is 8.70. The summed E-state index contributed by atoms with van der Waals surface area (Å²) in [6.07, 6.45) is 1.60. The van der Waals surface area contributed by atoms with Gasteiger partial charge < -0.3 is 14.6 Å². The zero-order chi connectivity index (χ0) is 20.3. The highest BCUT2D eigenvalue weighted by Crippen LogP contribution is 2.37. The van der Waals surface area contributed by atoms with E-state index in [0.717, 1.165) is 22.2 Å². The number of hydrogen-bond acceptors (Lipinski definition) is 6. The van der Waals surface area contributed by atoms with E-state index in [1.165, 1.54) is 13.2 Å². The monoisotopic (exact) mass is 463 g/mol. The quantitative estimate of drug-likeness (QED) is 0.631. The Labute approximate surface area is 175 Å². The number of rotatable bonds is 6. The molecule has 0 saturated carbocycles. The molecule has 3 rings (SSSR count). The van der Waals surface area contributed by atoms with Crippen molar-refractivity contribution in [2.75, 3.05) is 20.3 Å². The van der Waals surface area contributed by atoms with Crippen molar-refractivity contribution in [2.45, 2.75) is 6.92 Å². The minimum Gasteiger partial charge on any atom is -0.504 e. The van der Waals surface area contributed by atoms with Crippen molar-refractivity contribution in [2.24, 2.45) is 0 Å². The van der Waals surface area contributed by atoms with Gasteiger partial charge in [0.25, 0.3) is 11.1 Å². The van der Waals surface area contributed by atoms with Crippen LogP contribution in [0.15, 0.2) is 45.8 Å². The van der Waals surface area contributed by atoms with Gasteiger partial charge in [-0.1, -0.05) is 33.6 Å². The molecule has 2 aromatic carbocycles. The summed E-state index contributed by atoms with van der Waals surface area (Å²) >= 11 is 4.21. The van der Waals surface area contributed by atoms with Crippen molar-refractivity contribution in [3.05, 3.63) is 56.9 Å². The van der Waals surface area contributed by atoms with Crippen LogP contribution in [0.25, 0.3) is 6.08 Å². The fourth-order valence-corrected chi connectivity index (χ4v) is 3.86. The Bertz CT molecular complexity index is 942. The zero-order valence-corrected chi connectivity index (χ0v) is 17.7. The third-order valence-electron chi connectivity index (χ3n) is 4.06. The first-order valence-corrected chi connectivity index (χ1v) is 10.0. The molecule has 1 aliphatic heterocycles. The van der Waals surface area contributed by atoms with Gasteiger partial charge in [0.05, 0.1) is 18.6 Å². The molecule has 1 heterocycles. The molecular weight excluding hydrogens is 446 g/mol. The molecule has 0 radical (unpaired) electrons. The van der Waals surface area contributed by atoms with Gasteiger partial charge in [-0.15, -0.1) is 0 Å². The number of carbonyl (C=O) groups is 2. The maximum Gasteiger partial charge on any atom is 0.293 e. The van der Waals surface area contributed by atoms with Gasteiger partial charge in [-0.05, 0) is 54.6 Å². The Balaban J connectivity index is 1.69. The Morgan fingerprint density at radius 3 is 2.61 bits per heavy atom. The number of phenolic OH excluding ortho intramolecular Hbond substituents is 1. The van der Waals surface area contributed by atoms with Crippen LogP contribution in [0.5, 0.6) is 17.2 Å². The lowest BCUT2D eigenvalue weighted by Crippen LogP contribution is -2.32. The lowest BCUT2D eigenvalue weighted by molar-refractivity contribution is -0.123. The molecule has 1 N–H and O–H groups in total. The number of hydrogen-bond donors (Lipinski definition) is 1. The van der Waals surface area contributed by atoms with Gasteiger partial charge in [0.2, 0.25) is 0 Å². The van der Waals surface area contributed by atoms with Crippen molar-refractivity contribution in [3.63, 3.8) is 0 Å². The standard InChI is InChI=1S/C20H18BrNO5S/c1-12-3-5-14(6-4-12)27-8-7-22-19(24)18(28-20(22)25)10-13-9-17(26-2)16(23)11-15(13)21/h3-6,9-11,23H,7-8H2,1-2H3. The topological polar surface area (TPSA) is 76.1 Å². The van der Waals surface area contributed by atoms with E-state index >= 15 is 0 Å². The van der Waals surface area contributed by atoms with E-state index < -0.39 is 0 Å². The first-order chi connectivity index (χ1) is 13.4. The van der Waals surface area contributed by atoms with Crippen molar-refractivity contribution >= 4 is 44.9 Å². The van der Waals surface area contributed by atoms with Gasteiger partial charge in [0.1, 0.15) is 12.4 Å². The molecule has 2 amide bonds. The maximum atomic E-state index is 12.6. The van der Waals surface area contributed by atoms with Gasteiger partial charge in [-0.2, -0.15) is 0 Å². The molecular formula is C20H18BrNO5S. The molecule has 0 bridgehead atoms. The second-order valence-corrected chi connectivity index (χ2v) is 7.89. The number of carbonyl (C=O) groups excluding carboxylic acids is 2. The fraction of sp³-hybridized carbons (Fsp3) is 0.200. The van der Waals surface area contributed by atoms with Crippen LogP contribution in [0, 0.1) is 6.92 Å². The number of halogens is 1. The Morgan fingerprint density at radius 1 is 1.21 bits per heavy atom. The van der Waals surface area contributed by atoms with E-state index in [2.05, 4.69) is 15.9 Å². The summed E-state index contributed by atoms with van der Waals surface area (Å²) in [7, 11) is 1.44. The minimum absolute atomic E-state index is 0.0205. The first kappa shape index (κ1) is 20.3. The van der Waals surface area contributed by atoms with Crippen LogP contribution in [0.2, 0.25) is 0 Å². The molecule has 146 valence electrons. The smallest absolute Gasteiger partial charge is 0.293 e. The van der Waals surface area contributed by atoms with Crippen LogP contribution in [0.3, 0.4) is 0 Å². The molecule has 0 atom stereocenters. The molecule has 8 heteroatoms. The Hall–Kier alpha value is -2.45. The highest BCUT2D eigenvalue weighted by atomic mass is 79.9. The maximum absolute atomic E-state index is 12.6. The van der Waals surface area contributed by atoms with Crippen molar-refractivity contribution in [1.82, 2.24) is 4.90 Å². The summed E-state index contributed by atoms with van der Waals surface area (Å²) in [4.78, 5) is 26.3. The molecule has 28 heavy (non-hydrogen) atoms. The van der Waals surface area contributed by atoms with Gasteiger partial charge in [-0.3, -0.25) is 14.5 Å². The number of amides is 2. The minimum atomic E-state index is -0.374. The number of phenols is 1. The Morgan fingerprint density at radius 2 is 1.93 bits per heavy atom. The van der Waals surface area contributed by atoms with Crippen molar-refractivity contribution in [1.29, 1.82) is 0 Å². The van der Waals surface area contributed by atoms with Gasteiger partial charge >= 0.3 is 0 Å². The molecule has 0 aromatic heterocycles. The summed E-state index contributed by atoms with van der Waals surface area (Å²) in [5.74, 6) is 0.572.